The number of hydrogen-bond donors (Lipinski definition) is 1. The summed E-state index contributed by atoms with van der Waals surface area (Å²) in [6.07, 6.45) is 1.81. The molecule has 0 saturated carbocycles. The van der Waals surface area contributed by atoms with Gasteiger partial charge in [-0.3, -0.25) is 0 Å². The van der Waals surface area contributed by atoms with Crippen molar-refractivity contribution in [2.75, 3.05) is 14.2 Å². The molecule has 0 spiro atoms. The van der Waals surface area contributed by atoms with E-state index in [0.29, 0.717) is 0 Å². The lowest BCUT2D eigenvalue weighted by molar-refractivity contribution is 0.263. The highest BCUT2D eigenvalue weighted by molar-refractivity contribution is 7.09. The molecule has 1 unspecified atom stereocenters. The number of aromatic nitrogens is 1. The fourth-order valence-corrected chi connectivity index (χ4v) is 2.71. The zero-order chi connectivity index (χ0) is 13.2. The zero-order valence-corrected chi connectivity index (χ0v) is 11.5. The van der Waals surface area contributed by atoms with E-state index < -0.39 is 0 Å². The minimum Gasteiger partial charge on any atom is -0.497 e. The van der Waals surface area contributed by atoms with Gasteiger partial charge in [-0.2, -0.15) is 5.10 Å². The van der Waals surface area contributed by atoms with Crippen LogP contribution in [0.5, 0.6) is 5.75 Å². The number of nitrogens with one attached hydrogen (secondary N) is 1. The maximum atomic E-state index is 5.18. The summed E-state index contributed by atoms with van der Waals surface area (Å²) < 4.78 is 5.18. The van der Waals surface area contributed by atoms with E-state index in [1.807, 2.05) is 42.9 Å². The minimum absolute atomic E-state index is 0.0124. The van der Waals surface area contributed by atoms with Gasteiger partial charge in [0.05, 0.1) is 12.8 Å². The summed E-state index contributed by atoms with van der Waals surface area (Å²) in [4.78, 5) is 4.37. The van der Waals surface area contributed by atoms with Crippen molar-refractivity contribution in [1.82, 2.24) is 15.5 Å². The lowest BCUT2D eigenvalue weighted by atomic mass is 10.0. The Balaban J connectivity index is 1.94. The average molecular weight is 274 g/mol. The van der Waals surface area contributed by atoms with Gasteiger partial charge in [0, 0.05) is 24.2 Å². The topological polar surface area (TPSA) is 49.8 Å². The van der Waals surface area contributed by atoms with Gasteiger partial charge >= 0.3 is 0 Å². The number of hydrazine groups is 1. The van der Waals surface area contributed by atoms with Gasteiger partial charge in [0.2, 0.25) is 0 Å². The van der Waals surface area contributed by atoms with Gasteiger partial charge in [0.15, 0.2) is 0 Å². The van der Waals surface area contributed by atoms with Gasteiger partial charge in [0.25, 0.3) is 0 Å². The Kier molecular flexibility index (Phi) is 3.18. The quantitative estimate of drug-likeness (QED) is 0.930. The fourth-order valence-electron chi connectivity index (χ4n) is 2.03. The van der Waals surface area contributed by atoms with Gasteiger partial charge in [0.1, 0.15) is 16.8 Å². The monoisotopic (exact) mass is 274 g/mol. The Labute approximate surface area is 115 Å². The highest BCUT2D eigenvalue weighted by atomic mass is 32.1. The summed E-state index contributed by atoms with van der Waals surface area (Å²) in [5, 5.41) is 9.23. The molecule has 2 heterocycles. The molecule has 3 rings (SSSR count). The maximum absolute atomic E-state index is 5.18. The molecule has 1 aromatic carbocycles. The second-order valence-corrected chi connectivity index (χ2v) is 5.10. The van der Waals surface area contributed by atoms with Crippen LogP contribution < -0.4 is 10.2 Å². The van der Waals surface area contributed by atoms with Crippen LogP contribution in [0.25, 0.3) is 0 Å². The van der Waals surface area contributed by atoms with Crippen LogP contribution >= 0.6 is 11.3 Å². The first-order chi connectivity index (χ1) is 9.28. The molecule has 19 heavy (non-hydrogen) atoms. The van der Waals surface area contributed by atoms with Crippen molar-refractivity contribution in [1.29, 1.82) is 0 Å². The Bertz CT molecular complexity index is 579. The van der Waals surface area contributed by atoms with Crippen molar-refractivity contribution in [2.24, 2.45) is 5.10 Å². The molecule has 0 bridgehead atoms. The first-order valence-corrected chi connectivity index (χ1v) is 6.78. The number of ether oxygens (including phenoxy) is 1. The van der Waals surface area contributed by atoms with Crippen LogP contribution in [0.1, 0.15) is 16.6 Å². The van der Waals surface area contributed by atoms with Gasteiger partial charge in [-0.1, -0.05) is 0 Å². The van der Waals surface area contributed by atoms with Gasteiger partial charge in [-0.25, -0.2) is 15.5 Å². The Hall–Kier alpha value is -1.92. The van der Waals surface area contributed by atoms with Crippen LogP contribution in [0.2, 0.25) is 0 Å². The van der Waals surface area contributed by atoms with Crippen molar-refractivity contribution in [2.45, 2.75) is 6.04 Å². The third-order valence-electron chi connectivity index (χ3n) is 2.93. The number of hydrazone groups is 1. The fraction of sp³-hybridized carbons (Fsp3) is 0.231. The van der Waals surface area contributed by atoms with Crippen molar-refractivity contribution < 1.29 is 4.74 Å². The van der Waals surface area contributed by atoms with E-state index in [4.69, 9.17) is 4.74 Å². The summed E-state index contributed by atoms with van der Waals surface area (Å²) in [6.45, 7) is 0. The molecule has 1 N–H and O–H groups in total. The highest BCUT2D eigenvalue weighted by Crippen LogP contribution is 2.26. The van der Waals surface area contributed by atoms with Crippen LogP contribution in [0.4, 0.5) is 0 Å². The van der Waals surface area contributed by atoms with Gasteiger partial charge in [-0.15, -0.1) is 11.3 Å². The standard InChI is InChI=1S/C13H14N4OS/c1-17-15-11(9-3-5-10(18-2)6-4-9)12(16-17)13-14-7-8-19-13/h3-8,12,16H,1-2H3. The first kappa shape index (κ1) is 12.1. The van der Waals surface area contributed by atoms with Gasteiger partial charge in [-0.05, 0) is 24.3 Å². The lowest BCUT2D eigenvalue weighted by Gasteiger charge is -2.12. The van der Waals surface area contributed by atoms with Crippen LogP contribution in [0, 0.1) is 0 Å². The summed E-state index contributed by atoms with van der Waals surface area (Å²) in [7, 11) is 3.55. The van der Waals surface area contributed by atoms with E-state index in [1.54, 1.807) is 23.6 Å². The van der Waals surface area contributed by atoms with Crippen LogP contribution in [-0.2, 0) is 0 Å². The molecular weight excluding hydrogens is 260 g/mol. The van der Waals surface area contributed by atoms with Crippen LogP contribution in [0.3, 0.4) is 0 Å². The largest absolute Gasteiger partial charge is 0.497 e. The van der Waals surface area contributed by atoms with E-state index in [0.717, 1.165) is 22.0 Å². The Morgan fingerprint density at radius 1 is 1.32 bits per heavy atom. The molecule has 6 heteroatoms. The zero-order valence-electron chi connectivity index (χ0n) is 10.7. The molecule has 0 fully saturated rings. The Morgan fingerprint density at radius 3 is 2.74 bits per heavy atom. The van der Waals surface area contributed by atoms with E-state index in [9.17, 15) is 0 Å². The number of benzene rings is 1. The van der Waals surface area contributed by atoms with Crippen LogP contribution in [-0.4, -0.2) is 30.0 Å². The predicted molar refractivity (Wildman–Crippen MR) is 75.3 cm³/mol. The maximum Gasteiger partial charge on any atom is 0.124 e. The van der Waals surface area contributed by atoms with E-state index in [1.165, 1.54) is 0 Å². The summed E-state index contributed by atoms with van der Waals surface area (Å²) in [5.41, 5.74) is 5.32. The lowest BCUT2D eigenvalue weighted by Crippen LogP contribution is -2.29. The molecule has 2 aromatic rings. The van der Waals surface area contributed by atoms with Crippen molar-refractivity contribution in [3.8, 4) is 5.75 Å². The van der Waals surface area contributed by atoms with Crippen LogP contribution in [0.15, 0.2) is 40.9 Å². The van der Waals surface area contributed by atoms with Gasteiger partial charge < -0.3 is 4.74 Å². The molecule has 1 aliphatic heterocycles. The second kappa shape index (κ2) is 4.99. The molecule has 1 aromatic heterocycles. The predicted octanol–water partition coefficient (Wildman–Crippen LogP) is 2.05. The molecule has 0 radical (unpaired) electrons. The summed E-state index contributed by atoms with van der Waals surface area (Å²) in [6, 6.07) is 7.92. The number of nitrogens with zero attached hydrogens (tertiary/aromatic N) is 3. The normalized spacial score (nSPS) is 18.5. The smallest absolute Gasteiger partial charge is 0.124 e. The third-order valence-corrected chi connectivity index (χ3v) is 3.77. The molecule has 0 aliphatic carbocycles. The van der Waals surface area contributed by atoms with Crippen molar-refractivity contribution in [3.63, 3.8) is 0 Å². The van der Waals surface area contributed by atoms with E-state index in [-0.39, 0.29) is 6.04 Å². The number of rotatable bonds is 3. The van der Waals surface area contributed by atoms with Crippen molar-refractivity contribution in [3.05, 3.63) is 46.4 Å². The van der Waals surface area contributed by atoms with E-state index in [2.05, 4.69) is 15.5 Å². The summed E-state index contributed by atoms with van der Waals surface area (Å²) in [5.74, 6) is 0.842. The molecule has 5 nitrogen and oxygen atoms in total. The Morgan fingerprint density at radius 2 is 2.11 bits per heavy atom. The number of thiazole rings is 1. The molecule has 0 saturated heterocycles. The number of methoxy groups -OCH3 is 1. The molecule has 1 aliphatic rings. The molecule has 98 valence electrons. The highest BCUT2D eigenvalue weighted by Gasteiger charge is 2.28. The summed E-state index contributed by atoms with van der Waals surface area (Å²) >= 11 is 1.62. The average Bonchev–Trinajstić information content (AvgIpc) is 3.07. The SMILES string of the molecule is COc1ccc(C2=NN(C)NC2c2nccs2)cc1. The molecule has 1 atom stereocenters. The van der Waals surface area contributed by atoms with Crippen molar-refractivity contribution >= 4 is 17.0 Å². The number of hydrogen-bond acceptors (Lipinski definition) is 6. The second-order valence-electron chi connectivity index (χ2n) is 4.17. The molecule has 0 amide bonds. The third kappa shape index (κ3) is 2.32. The molecular formula is C13H14N4OS. The van der Waals surface area contributed by atoms with E-state index >= 15 is 0 Å². The minimum atomic E-state index is 0.0124. The first-order valence-electron chi connectivity index (χ1n) is 5.90.